The van der Waals surface area contributed by atoms with Gasteiger partial charge in [0.15, 0.2) is 5.82 Å². The van der Waals surface area contributed by atoms with Gasteiger partial charge in [0.2, 0.25) is 0 Å². The lowest BCUT2D eigenvalue weighted by atomic mass is 9.67. The molecule has 2 aromatic heterocycles. The van der Waals surface area contributed by atoms with Gasteiger partial charge in [-0.25, -0.2) is 0 Å². The molecule has 3 aliphatic rings. The molecule has 1 aliphatic carbocycles. The first-order valence-electron chi connectivity index (χ1n) is 11.4. The minimum Gasteiger partial charge on any atom is -0.385 e. The molecule has 0 aromatic carbocycles. The van der Waals surface area contributed by atoms with Crippen molar-refractivity contribution in [2.24, 2.45) is 5.41 Å². The van der Waals surface area contributed by atoms with E-state index in [1.54, 1.807) is 6.20 Å². The molecule has 1 unspecified atom stereocenters. The monoisotopic (exact) mass is 437 g/mol. The number of aromatic amines is 1. The second kappa shape index (κ2) is 7.73. The summed E-state index contributed by atoms with van der Waals surface area (Å²) in [6.07, 6.45) is 8.20. The number of nitrogens with zero attached hydrogens (tertiary/aromatic N) is 6. The predicted octanol–water partition coefficient (Wildman–Crippen LogP) is 2.31. The van der Waals surface area contributed by atoms with Crippen LogP contribution in [0.15, 0.2) is 24.5 Å². The highest BCUT2D eigenvalue weighted by atomic mass is 16.5. The summed E-state index contributed by atoms with van der Waals surface area (Å²) < 4.78 is 7.54. The van der Waals surface area contributed by atoms with Crippen molar-refractivity contribution in [3.63, 3.8) is 0 Å². The quantitative estimate of drug-likeness (QED) is 0.759. The van der Waals surface area contributed by atoms with E-state index in [1.807, 2.05) is 23.9 Å². The van der Waals surface area contributed by atoms with E-state index in [0.29, 0.717) is 38.9 Å². The molecule has 0 spiro atoms. The van der Waals surface area contributed by atoms with Crippen molar-refractivity contribution in [1.29, 1.82) is 5.26 Å². The lowest BCUT2D eigenvalue weighted by Crippen LogP contribution is -2.56. The topological polar surface area (TPSA) is 106 Å². The Morgan fingerprint density at radius 1 is 1.31 bits per heavy atom. The van der Waals surface area contributed by atoms with Crippen LogP contribution >= 0.6 is 0 Å². The van der Waals surface area contributed by atoms with Crippen molar-refractivity contribution < 1.29 is 9.84 Å². The van der Waals surface area contributed by atoms with Crippen LogP contribution in [-0.4, -0.2) is 74.6 Å². The molecule has 0 radical (unpaired) electrons. The second-order valence-corrected chi connectivity index (χ2v) is 9.71. The summed E-state index contributed by atoms with van der Waals surface area (Å²) in [5.41, 5.74) is 0.490. The number of morpholine rings is 1. The van der Waals surface area contributed by atoms with E-state index >= 15 is 0 Å². The van der Waals surface area contributed by atoms with Gasteiger partial charge < -0.3 is 14.7 Å². The van der Waals surface area contributed by atoms with Crippen molar-refractivity contribution in [1.82, 2.24) is 24.9 Å². The van der Waals surface area contributed by atoms with E-state index in [0.717, 1.165) is 29.3 Å². The van der Waals surface area contributed by atoms with Crippen LogP contribution in [0.4, 0.5) is 5.82 Å². The number of likely N-dealkylation sites (N-methyl/N-ethyl adjacent to an activating group) is 1. The highest BCUT2D eigenvalue weighted by molar-refractivity contribution is 5.83. The Morgan fingerprint density at radius 2 is 2.09 bits per heavy atom. The number of fused-ring (bicyclic) bond motifs is 1. The first kappa shape index (κ1) is 21.2. The Hall–Kier alpha value is -2.67. The van der Waals surface area contributed by atoms with Crippen LogP contribution in [0.1, 0.15) is 45.1 Å². The van der Waals surface area contributed by atoms with Crippen molar-refractivity contribution in [3.05, 3.63) is 30.1 Å². The maximum atomic E-state index is 11.9. The number of nitriles is 1. The van der Waals surface area contributed by atoms with Crippen molar-refractivity contribution in [3.8, 4) is 11.9 Å². The van der Waals surface area contributed by atoms with Gasteiger partial charge in [0, 0.05) is 31.3 Å². The van der Waals surface area contributed by atoms with Gasteiger partial charge in [-0.15, -0.1) is 0 Å². The molecule has 32 heavy (non-hydrogen) atoms. The number of hydrogen-bond acceptors (Lipinski definition) is 7. The van der Waals surface area contributed by atoms with Crippen molar-refractivity contribution in [2.45, 2.75) is 57.3 Å². The number of H-pyrrole nitrogens is 1. The van der Waals surface area contributed by atoms with Gasteiger partial charge in [-0.2, -0.15) is 20.1 Å². The third-order valence-electron chi connectivity index (χ3n) is 7.51. The first-order valence-corrected chi connectivity index (χ1v) is 11.4. The zero-order chi connectivity index (χ0) is 22.5. The number of hydrogen-bond donors (Lipinski definition) is 2. The van der Waals surface area contributed by atoms with Crippen LogP contribution in [-0.2, 0) is 4.74 Å². The average Bonchev–Trinajstić information content (AvgIpc) is 3.47. The number of anilines is 1. The van der Waals surface area contributed by atoms with Gasteiger partial charge in [0.05, 0.1) is 42.7 Å². The average molecular weight is 438 g/mol. The molecule has 2 N–H and O–H groups in total. The van der Waals surface area contributed by atoms with Crippen LogP contribution in [0.3, 0.4) is 0 Å². The van der Waals surface area contributed by atoms with E-state index in [9.17, 15) is 10.4 Å². The fraction of sp³-hybridized carbons (Fsp3) is 0.609. The molecular formula is C23H31N7O2. The highest BCUT2D eigenvalue weighted by Gasteiger charge is 2.46. The third-order valence-corrected chi connectivity index (χ3v) is 7.51. The fourth-order valence-electron chi connectivity index (χ4n) is 5.34. The Labute approximate surface area is 188 Å². The molecule has 2 aliphatic heterocycles. The number of rotatable bonds is 3. The standard InChI is InChI=1S/C23H31N7O2/c1-16-14-32-11-10-29(16)20-12-18(23(31)7-5-22(2,15-24)6-8-23)17-13-26-30(21(17)28(20)3)19-4-9-25-27-19/h4,9,12-13,16,20,31H,5-8,10-11,14H2,1-3H3,(H,25,27)/t16-,20?,22?,23?/m1/s1. The summed E-state index contributed by atoms with van der Waals surface area (Å²) in [6, 6.07) is 4.59. The van der Waals surface area contributed by atoms with Crippen molar-refractivity contribution >= 4 is 11.4 Å². The summed E-state index contributed by atoms with van der Waals surface area (Å²) in [5, 5.41) is 33.2. The molecule has 5 rings (SSSR count). The minimum atomic E-state index is -0.984. The van der Waals surface area contributed by atoms with Crippen LogP contribution < -0.4 is 4.90 Å². The molecule has 2 atom stereocenters. The molecule has 1 saturated carbocycles. The molecular weight excluding hydrogens is 406 g/mol. The smallest absolute Gasteiger partial charge is 0.151 e. The molecule has 0 amide bonds. The summed E-state index contributed by atoms with van der Waals surface area (Å²) in [4.78, 5) is 4.64. The van der Waals surface area contributed by atoms with Crippen LogP contribution in [0.5, 0.6) is 0 Å². The van der Waals surface area contributed by atoms with Crippen molar-refractivity contribution in [2.75, 3.05) is 31.7 Å². The Morgan fingerprint density at radius 3 is 2.75 bits per heavy atom. The van der Waals surface area contributed by atoms with Gasteiger partial charge in [-0.1, -0.05) is 0 Å². The molecule has 0 bridgehead atoms. The zero-order valence-electron chi connectivity index (χ0n) is 19.0. The fourth-order valence-corrected chi connectivity index (χ4v) is 5.34. The number of aromatic nitrogens is 4. The largest absolute Gasteiger partial charge is 0.385 e. The van der Waals surface area contributed by atoms with Gasteiger partial charge in [0.1, 0.15) is 12.0 Å². The van der Waals surface area contributed by atoms with Gasteiger partial charge in [-0.05, 0) is 51.2 Å². The Kier molecular flexibility index (Phi) is 5.12. The van der Waals surface area contributed by atoms with Crippen LogP contribution in [0, 0.1) is 16.7 Å². The number of aliphatic hydroxyl groups is 1. The molecule has 2 aromatic rings. The summed E-state index contributed by atoms with van der Waals surface area (Å²) in [6.45, 7) is 6.37. The molecule has 4 heterocycles. The second-order valence-electron chi connectivity index (χ2n) is 9.71. The SMILES string of the molecule is C[C@@H]1COCCN1C1C=C(C2(O)CCC(C)(C#N)CC2)c2cnn(-c3ccn[nH]3)c2N1C. The van der Waals surface area contributed by atoms with E-state index in [-0.39, 0.29) is 17.6 Å². The van der Waals surface area contributed by atoms with E-state index in [2.05, 4.69) is 51.2 Å². The third kappa shape index (κ3) is 3.34. The molecule has 170 valence electrons. The maximum Gasteiger partial charge on any atom is 0.151 e. The van der Waals surface area contributed by atoms with E-state index in [4.69, 9.17) is 4.74 Å². The number of ether oxygens (including phenoxy) is 1. The zero-order valence-corrected chi connectivity index (χ0v) is 19.0. The summed E-state index contributed by atoms with van der Waals surface area (Å²) >= 11 is 0. The van der Waals surface area contributed by atoms with Crippen LogP contribution in [0.2, 0.25) is 0 Å². The molecule has 1 saturated heterocycles. The van der Waals surface area contributed by atoms with Gasteiger partial charge in [0.25, 0.3) is 0 Å². The molecule has 9 nitrogen and oxygen atoms in total. The molecule has 2 fully saturated rings. The normalized spacial score (nSPS) is 33.5. The lowest BCUT2D eigenvalue weighted by Gasteiger charge is -2.47. The van der Waals surface area contributed by atoms with Gasteiger partial charge >= 0.3 is 0 Å². The number of nitrogens with one attached hydrogen (secondary N) is 1. The van der Waals surface area contributed by atoms with E-state index < -0.39 is 5.60 Å². The first-order chi connectivity index (χ1) is 15.4. The van der Waals surface area contributed by atoms with E-state index in [1.165, 1.54) is 0 Å². The minimum absolute atomic E-state index is 0.0388. The summed E-state index contributed by atoms with van der Waals surface area (Å²) in [5.74, 6) is 1.71. The summed E-state index contributed by atoms with van der Waals surface area (Å²) in [7, 11) is 2.07. The molecule has 9 heteroatoms. The Balaban J connectivity index is 1.60. The maximum absolute atomic E-state index is 11.9. The Bertz CT molecular complexity index is 1040. The lowest BCUT2D eigenvalue weighted by molar-refractivity contribution is -0.0138. The predicted molar refractivity (Wildman–Crippen MR) is 120 cm³/mol. The highest BCUT2D eigenvalue weighted by Crippen LogP contribution is 2.49. The van der Waals surface area contributed by atoms with Gasteiger partial charge in [-0.3, -0.25) is 10.00 Å². The van der Waals surface area contributed by atoms with Crippen LogP contribution in [0.25, 0.3) is 11.4 Å².